The van der Waals surface area contributed by atoms with E-state index in [4.69, 9.17) is 25.8 Å². The third-order valence-corrected chi connectivity index (χ3v) is 4.95. The van der Waals surface area contributed by atoms with E-state index in [0.29, 0.717) is 22.2 Å². The molecule has 1 saturated heterocycles. The van der Waals surface area contributed by atoms with Gasteiger partial charge in [0.15, 0.2) is 6.61 Å². The number of ether oxygens (including phenoxy) is 3. The molecule has 1 unspecified atom stereocenters. The zero-order chi connectivity index (χ0) is 24.0. The molecule has 1 N–H and O–H groups in total. The van der Waals surface area contributed by atoms with E-state index in [1.807, 2.05) is 0 Å². The molecule has 33 heavy (non-hydrogen) atoms. The molecule has 1 aliphatic heterocycles. The van der Waals surface area contributed by atoms with E-state index in [1.165, 1.54) is 7.11 Å². The normalized spacial score (nSPS) is 15.2. The Hall–Kier alpha value is -3.79. The number of hydrazine groups is 1. The third kappa shape index (κ3) is 5.72. The lowest BCUT2D eigenvalue weighted by molar-refractivity contribution is -0.143. The highest BCUT2D eigenvalue weighted by atomic mass is 35.5. The second-order valence-corrected chi connectivity index (χ2v) is 7.26. The molecule has 3 rings (SSSR count). The summed E-state index contributed by atoms with van der Waals surface area (Å²) < 4.78 is 15.4. The fraction of sp³-hybridized carbons (Fsp3) is 0.273. The van der Waals surface area contributed by atoms with Crippen molar-refractivity contribution in [2.24, 2.45) is 0 Å². The summed E-state index contributed by atoms with van der Waals surface area (Å²) in [7, 11) is 1.49. The molecule has 0 spiro atoms. The lowest BCUT2D eigenvalue weighted by atomic mass is 10.2. The second-order valence-electron chi connectivity index (χ2n) is 6.82. The van der Waals surface area contributed by atoms with Crippen LogP contribution >= 0.6 is 11.6 Å². The van der Waals surface area contributed by atoms with Crippen LogP contribution in [0.3, 0.4) is 0 Å². The SMILES string of the molecule is CCOC(=O)NN(C(=O)COc1ccc(Cl)cc1)C1CC(=O)N(c2ccc(OC)cc2)C1=O. The average molecular weight is 476 g/mol. The number of hydrogen-bond acceptors (Lipinski definition) is 7. The maximum Gasteiger partial charge on any atom is 0.426 e. The summed E-state index contributed by atoms with van der Waals surface area (Å²) >= 11 is 5.84. The van der Waals surface area contributed by atoms with Crippen molar-refractivity contribution in [1.82, 2.24) is 10.4 Å². The van der Waals surface area contributed by atoms with E-state index in [9.17, 15) is 19.2 Å². The van der Waals surface area contributed by atoms with Gasteiger partial charge in [0.1, 0.15) is 17.5 Å². The smallest absolute Gasteiger partial charge is 0.426 e. The van der Waals surface area contributed by atoms with Crippen molar-refractivity contribution in [2.75, 3.05) is 25.2 Å². The van der Waals surface area contributed by atoms with Gasteiger partial charge in [-0.2, -0.15) is 0 Å². The van der Waals surface area contributed by atoms with Gasteiger partial charge in [-0.1, -0.05) is 11.6 Å². The number of carbonyl (C=O) groups excluding carboxylic acids is 4. The highest BCUT2D eigenvalue weighted by molar-refractivity contribution is 6.30. The Kier molecular flexibility index (Phi) is 7.73. The van der Waals surface area contributed by atoms with Crippen molar-refractivity contribution in [3.8, 4) is 11.5 Å². The van der Waals surface area contributed by atoms with Crippen molar-refractivity contribution in [1.29, 1.82) is 0 Å². The van der Waals surface area contributed by atoms with Crippen LogP contribution in [-0.2, 0) is 19.1 Å². The molecule has 10 nitrogen and oxygen atoms in total. The van der Waals surface area contributed by atoms with Crippen LogP contribution in [0.5, 0.6) is 11.5 Å². The zero-order valence-corrected chi connectivity index (χ0v) is 18.7. The van der Waals surface area contributed by atoms with Gasteiger partial charge in [-0.25, -0.2) is 20.1 Å². The van der Waals surface area contributed by atoms with E-state index >= 15 is 0 Å². The molecule has 0 bridgehead atoms. The second kappa shape index (κ2) is 10.7. The van der Waals surface area contributed by atoms with Crippen LogP contribution in [0.1, 0.15) is 13.3 Å². The van der Waals surface area contributed by atoms with Crippen LogP contribution in [0, 0.1) is 0 Å². The lowest BCUT2D eigenvalue weighted by Crippen LogP contribution is -2.56. The number of nitrogens with zero attached hydrogens (tertiary/aromatic N) is 2. The fourth-order valence-electron chi connectivity index (χ4n) is 3.14. The molecular formula is C22H22ClN3O7. The predicted octanol–water partition coefficient (Wildman–Crippen LogP) is 2.55. The summed E-state index contributed by atoms with van der Waals surface area (Å²) in [5.41, 5.74) is 2.56. The summed E-state index contributed by atoms with van der Waals surface area (Å²) in [6.07, 6.45) is -1.27. The molecule has 0 saturated carbocycles. The molecule has 1 fully saturated rings. The van der Waals surface area contributed by atoms with Crippen LogP contribution < -0.4 is 19.8 Å². The van der Waals surface area contributed by atoms with Crippen molar-refractivity contribution in [2.45, 2.75) is 19.4 Å². The summed E-state index contributed by atoms with van der Waals surface area (Å²) in [4.78, 5) is 51.6. The summed E-state index contributed by atoms with van der Waals surface area (Å²) in [5.74, 6) is -1.05. The summed E-state index contributed by atoms with van der Waals surface area (Å²) in [6.45, 7) is 1.13. The van der Waals surface area contributed by atoms with Crippen LogP contribution in [-0.4, -0.2) is 55.2 Å². The minimum atomic E-state index is -1.27. The molecule has 1 aliphatic rings. The standard InChI is InChI=1S/C22H22ClN3O7/c1-3-32-22(30)24-26(20(28)13-33-17-8-4-14(23)5-9-17)18-12-19(27)25(21(18)29)15-6-10-16(31-2)11-7-15/h4-11,18H,3,12-13H2,1-2H3,(H,24,30). The average Bonchev–Trinajstić information content (AvgIpc) is 3.10. The van der Waals surface area contributed by atoms with E-state index in [-0.39, 0.29) is 13.0 Å². The molecule has 0 radical (unpaired) electrons. The van der Waals surface area contributed by atoms with Crippen LogP contribution in [0.2, 0.25) is 5.02 Å². The number of benzene rings is 2. The van der Waals surface area contributed by atoms with Gasteiger partial charge in [0.25, 0.3) is 11.8 Å². The Bertz CT molecular complexity index is 1030. The molecule has 0 aromatic heterocycles. The van der Waals surface area contributed by atoms with Gasteiger partial charge in [0.2, 0.25) is 5.91 Å². The molecule has 2 aromatic carbocycles. The van der Waals surface area contributed by atoms with Crippen LogP contribution in [0.15, 0.2) is 48.5 Å². The van der Waals surface area contributed by atoms with Crippen molar-refractivity contribution < 1.29 is 33.4 Å². The lowest BCUT2D eigenvalue weighted by Gasteiger charge is -2.27. The monoisotopic (exact) mass is 475 g/mol. The van der Waals surface area contributed by atoms with Gasteiger partial charge in [0.05, 0.1) is 25.8 Å². The summed E-state index contributed by atoms with van der Waals surface area (Å²) in [6, 6.07) is 11.3. The molecule has 4 amide bonds. The van der Waals surface area contributed by atoms with E-state index < -0.39 is 36.5 Å². The predicted molar refractivity (Wildman–Crippen MR) is 118 cm³/mol. The highest BCUT2D eigenvalue weighted by Gasteiger charge is 2.45. The topological polar surface area (TPSA) is 114 Å². The van der Waals surface area contributed by atoms with Gasteiger partial charge in [-0.15, -0.1) is 0 Å². The van der Waals surface area contributed by atoms with E-state index in [2.05, 4.69) is 5.43 Å². The number of methoxy groups -OCH3 is 1. The van der Waals surface area contributed by atoms with Gasteiger partial charge < -0.3 is 14.2 Å². The minimum absolute atomic E-state index is 0.0463. The number of anilines is 1. The van der Waals surface area contributed by atoms with Crippen molar-refractivity contribution >= 4 is 41.1 Å². The first-order valence-corrected chi connectivity index (χ1v) is 10.4. The number of nitrogens with one attached hydrogen (secondary N) is 1. The van der Waals surface area contributed by atoms with Gasteiger partial charge in [0, 0.05) is 5.02 Å². The van der Waals surface area contributed by atoms with Crippen molar-refractivity contribution in [3.05, 3.63) is 53.6 Å². The van der Waals surface area contributed by atoms with Gasteiger partial charge in [-0.3, -0.25) is 14.4 Å². The third-order valence-electron chi connectivity index (χ3n) is 4.70. The van der Waals surface area contributed by atoms with Gasteiger partial charge >= 0.3 is 6.09 Å². The van der Waals surface area contributed by atoms with Crippen LogP contribution in [0.25, 0.3) is 0 Å². The maximum absolute atomic E-state index is 13.1. The molecule has 11 heteroatoms. The number of halogens is 1. The van der Waals surface area contributed by atoms with Gasteiger partial charge in [-0.05, 0) is 55.5 Å². The molecule has 1 atom stereocenters. The Morgan fingerprint density at radius 1 is 1.09 bits per heavy atom. The van der Waals surface area contributed by atoms with E-state index in [0.717, 1.165) is 9.91 Å². The molecule has 174 valence electrons. The number of imide groups is 1. The Morgan fingerprint density at radius 2 is 1.73 bits per heavy atom. The first kappa shape index (κ1) is 23.9. The quantitative estimate of drug-likeness (QED) is 0.483. The van der Waals surface area contributed by atoms with E-state index in [1.54, 1.807) is 55.5 Å². The first-order valence-electron chi connectivity index (χ1n) is 9.98. The molecule has 0 aliphatic carbocycles. The number of hydrogen-bond donors (Lipinski definition) is 1. The molecule has 1 heterocycles. The minimum Gasteiger partial charge on any atom is -0.497 e. The largest absolute Gasteiger partial charge is 0.497 e. The number of carbonyl (C=O) groups is 4. The molecular weight excluding hydrogens is 454 g/mol. The Labute approximate surface area is 194 Å². The first-order chi connectivity index (χ1) is 15.8. The van der Waals surface area contributed by atoms with Crippen LogP contribution in [0.4, 0.5) is 10.5 Å². The summed E-state index contributed by atoms with van der Waals surface area (Å²) in [5, 5.41) is 1.27. The highest BCUT2D eigenvalue weighted by Crippen LogP contribution is 2.27. The number of amides is 4. The Balaban J connectivity index is 1.79. The van der Waals surface area contributed by atoms with Crippen molar-refractivity contribution in [3.63, 3.8) is 0 Å². The maximum atomic E-state index is 13.1. The Morgan fingerprint density at radius 3 is 2.33 bits per heavy atom. The molecule has 2 aromatic rings. The fourth-order valence-corrected chi connectivity index (χ4v) is 3.27. The number of rotatable bonds is 7. The zero-order valence-electron chi connectivity index (χ0n) is 17.9.